The maximum atomic E-state index is 11.8. The number of phenolic OH excluding ortho intramolecular Hbond substituents is 2. The average Bonchev–Trinajstić information content (AvgIpc) is 2.96. The lowest BCUT2D eigenvalue weighted by Gasteiger charge is -2.39. The molecule has 0 aliphatic carbocycles. The van der Waals surface area contributed by atoms with Gasteiger partial charge >= 0.3 is 0 Å². The summed E-state index contributed by atoms with van der Waals surface area (Å²) in [6.45, 7) is 10.9. The predicted molar refractivity (Wildman–Crippen MR) is 173 cm³/mol. The molecule has 0 amide bonds. The van der Waals surface area contributed by atoms with Gasteiger partial charge in [0.05, 0.1) is 0 Å². The van der Waals surface area contributed by atoms with Crippen LogP contribution < -0.4 is 21.0 Å². The maximum Gasteiger partial charge on any atom is 0.150 e. The van der Waals surface area contributed by atoms with E-state index in [1.165, 1.54) is 21.5 Å². The molecule has 0 atom stereocenters. The Bertz CT molecular complexity index is 1280. The van der Waals surface area contributed by atoms with Gasteiger partial charge in [-0.05, 0) is 91.8 Å². The first-order valence-corrected chi connectivity index (χ1v) is 19.1. The van der Waals surface area contributed by atoms with E-state index in [1.807, 2.05) is 13.8 Å². The maximum absolute atomic E-state index is 11.8. The van der Waals surface area contributed by atoms with Gasteiger partial charge in [0.15, 0.2) is 0 Å². The third-order valence-corrected chi connectivity index (χ3v) is 19.1. The van der Waals surface area contributed by atoms with Crippen molar-refractivity contribution in [3.05, 3.63) is 107 Å². The largest absolute Gasteiger partial charge is 0.507 e. The Hall–Kier alpha value is -2.87. The molecule has 2 N–H and O–H groups in total. The quantitative estimate of drug-likeness (QED) is 0.152. The Balaban J connectivity index is 2.10. The molecule has 0 bridgehead atoms. The minimum atomic E-state index is -2.58. The molecule has 39 heavy (non-hydrogen) atoms. The molecule has 4 aromatic carbocycles. The van der Waals surface area contributed by atoms with E-state index in [2.05, 4.69) is 105 Å². The Morgan fingerprint density at radius 2 is 1.00 bits per heavy atom. The molecular formula is C35H43O2PSi. The zero-order chi connectivity index (χ0) is 28.0. The van der Waals surface area contributed by atoms with Crippen molar-refractivity contribution >= 4 is 36.2 Å². The molecule has 0 unspecified atom stereocenters. The van der Waals surface area contributed by atoms with Crippen LogP contribution in [0.15, 0.2) is 84.9 Å². The first-order chi connectivity index (χ1) is 18.8. The second-order valence-corrected chi connectivity index (χ2v) is 19.9. The van der Waals surface area contributed by atoms with Gasteiger partial charge in [-0.3, -0.25) is 0 Å². The second kappa shape index (κ2) is 13.0. The van der Waals surface area contributed by atoms with Crippen LogP contribution in [-0.2, 0) is 12.8 Å². The van der Waals surface area contributed by atoms with Gasteiger partial charge in [-0.1, -0.05) is 106 Å². The number of aromatic hydroxyl groups is 2. The summed E-state index contributed by atoms with van der Waals surface area (Å²) in [5.74, 6) is 0.755. The van der Waals surface area contributed by atoms with Crippen LogP contribution in [0, 0.1) is 13.8 Å². The summed E-state index contributed by atoms with van der Waals surface area (Å²) in [7, 11) is -3.73. The van der Waals surface area contributed by atoms with E-state index in [0.717, 1.165) is 60.3 Å². The van der Waals surface area contributed by atoms with Crippen LogP contribution in [0.25, 0.3) is 0 Å². The van der Waals surface area contributed by atoms with Crippen molar-refractivity contribution in [2.24, 2.45) is 0 Å². The Morgan fingerprint density at radius 1 is 0.615 bits per heavy atom. The summed E-state index contributed by atoms with van der Waals surface area (Å²) in [4.78, 5) is 0. The summed E-state index contributed by atoms with van der Waals surface area (Å²) in [5, 5.41) is 28.2. The number of hydrogen-bond acceptors (Lipinski definition) is 2. The van der Waals surface area contributed by atoms with Crippen molar-refractivity contribution in [3.8, 4) is 11.5 Å². The van der Waals surface area contributed by atoms with Crippen LogP contribution in [0.4, 0.5) is 0 Å². The fraction of sp³-hybridized carbons (Fsp3) is 0.314. The van der Waals surface area contributed by atoms with Gasteiger partial charge in [-0.2, -0.15) is 0 Å². The first kappa shape index (κ1) is 29.1. The molecule has 0 aliphatic rings. The molecule has 2 nitrogen and oxygen atoms in total. The third-order valence-electron chi connectivity index (χ3n) is 7.92. The Kier molecular flexibility index (Phi) is 9.70. The van der Waals surface area contributed by atoms with E-state index in [4.69, 9.17) is 0 Å². The van der Waals surface area contributed by atoms with Crippen molar-refractivity contribution in [2.75, 3.05) is 0 Å². The van der Waals surface area contributed by atoms with Crippen LogP contribution in [0.1, 0.15) is 61.8 Å². The lowest BCUT2D eigenvalue weighted by molar-refractivity contribution is 0.474. The minimum Gasteiger partial charge on any atom is -0.507 e. The first-order valence-electron chi connectivity index (χ1n) is 14.4. The number of rotatable bonds is 11. The molecule has 4 heteroatoms. The zero-order valence-corrected chi connectivity index (χ0v) is 26.1. The van der Waals surface area contributed by atoms with Gasteiger partial charge in [0.1, 0.15) is 19.2 Å². The van der Waals surface area contributed by atoms with Gasteiger partial charge in [-0.25, -0.2) is 0 Å². The fourth-order valence-electron chi connectivity index (χ4n) is 5.62. The highest BCUT2D eigenvalue weighted by Crippen LogP contribution is 2.50. The molecule has 0 saturated heterocycles. The van der Waals surface area contributed by atoms with E-state index in [9.17, 15) is 10.2 Å². The van der Waals surface area contributed by atoms with Crippen molar-refractivity contribution < 1.29 is 10.2 Å². The summed E-state index contributed by atoms with van der Waals surface area (Å²) in [5.41, 5.74) is 4.37. The fourth-order valence-corrected chi connectivity index (χ4v) is 17.1. The van der Waals surface area contributed by atoms with Crippen LogP contribution in [0.2, 0.25) is 6.55 Å². The highest BCUT2D eigenvalue weighted by molar-refractivity contribution is 8.08. The molecule has 0 fully saturated rings. The van der Waals surface area contributed by atoms with Crippen LogP contribution in [0.3, 0.4) is 0 Å². The van der Waals surface area contributed by atoms with Gasteiger partial charge in [0.25, 0.3) is 0 Å². The molecule has 4 rings (SSSR count). The predicted octanol–water partition coefficient (Wildman–Crippen LogP) is 7.22. The van der Waals surface area contributed by atoms with Gasteiger partial charge in [0, 0.05) is 10.6 Å². The molecule has 204 valence electrons. The molecule has 0 heterocycles. The standard InChI is InChI=1S/C35H43O2PSi/c1-6-8-16-28-22-26(3)34(36)32(24-28)38(33-25-29(17-9-7-2)23-27(4)35(33)37)39(5,30-18-12-10-13-19-30)31-20-14-11-15-21-31/h10-15,18-25,36-37H,6-9,16-17H2,1-5H3. The Labute approximate surface area is 237 Å². The number of phenols is 2. The lowest BCUT2D eigenvalue weighted by atomic mass is 10.1. The van der Waals surface area contributed by atoms with Crippen LogP contribution in [0.5, 0.6) is 11.5 Å². The third kappa shape index (κ3) is 6.16. The second-order valence-electron chi connectivity index (χ2n) is 10.9. The number of aryl methyl sites for hydroxylation is 4. The normalized spacial score (nSPS) is 11.7. The number of hydrogen-bond donors (Lipinski definition) is 2. The SMILES string of the molecule is CCCCc1cc(C)c(O)c(P(c2cc(CCCC)cc(C)c2O)[Si](C)(c2ccccc2)c2ccccc2)c1. The average molecular weight is 555 g/mol. The van der Waals surface area contributed by atoms with E-state index in [-0.39, 0.29) is 0 Å². The highest BCUT2D eigenvalue weighted by atomic mass is 31.4. The van der Waals surface area contributed by atoms with Crippen LogP contribution >= 0.6 is 7.47 Å². The molecule has 4 aromatic rings. The van der Waals surface area contributed by atoms with Crippen molar-refractivity contribution in [1.29, 1.82) is 0 Å². The summed E-state index contributed by atoms with van der Waals surface area (Å²) < 4.78 is 0. The van der Waals surface area contributed by atoms with Crippen molar-refractivity contribution in [3.63, 3.8) is 0 Å². The summed E-state index contributed by atoms with van der Waals surface area (Å²) >= 11 is 0. The van der Waals surface area contributed by atoms with E-state index in [0.29, 0.717) is 11.5 Å². The molecule has 0 aliphatic heterocycles. The Morgan fingerprint density at radius 3 is 1.36 bits per heavy atom. The van der Waals surface area contributed by atoms with Gasteiger partial charge in [-0.15, -0.1) is 0 Å². The number of unbranched alkanes of at least 4 members (excludes halogenated alkanes) is 2. The van der Waals surface area contributed by atoms with E-state index in [1.54, 1.807) is 0 Å². The van der Waals surface area contributed by atoms with Gasteiger partial charge in [0.2, 0.25) is 0 Å². The van der Waals surface area contributed by atoms with E-state index < -0.39 is 15.2 Å². The molecular weight excluding hydrogens is 511 g/mol. The minimum absolute atomic E-state index is 0.378. The monoisotopic (exact) mass is 554 g/mol. The topological polar surface area (TPSA) is 40.5 Å². The smallest absolute Gasteiger partial charge is 0.150 e. The summed E-state index contributed by atoms with van der Waals surface area (Å²) in [6.07, 6.45) is 6.47. The van der Waals surface area contributed by atoms with Crippen LogP contribution in [-0.4, -0.2) is 18.0 Å². The van der Waals surface area contributed by atoms with Crippen molar-refractivity contribution in [2.45, 2.75) is 72.8 Å². The molecule has 0 spiro atoms. The zero-order valence-electron chi connectivity index (χ0n) is 24.2. The highest BCUT2D eigenvalue weighted by Gasteiger charge is 2.44. The summed E-state index contributed by atoms with van der Waals surface area (Å²) in [6, 6.07) is 30.5. The van der Waals surface area contributed by atoms with Crippen molar-refractivity contribution in [1.82, 2.24) is 0 Å². The number of benzene rings is 4. The molecule has 0 radical (unpaired) electrons. The molecule has 0 aromatic heterocycles. The lowest BCUT2D eigenvalue weighted by Crippen LogP contribution is -2.57. The van der Waals surface area contributed by atoms with Gasteiger partial charge < -0.3 is 10.2 Å². The van der Waals surface area contributed by atoms with E-state index >= 15 is 0 Å². The molecule has 0 saturated carbocycles.